The maximum atomic E-state index is 11.8. The third-order valence-electron chi connectivity index (χ3n) is 2.66. The topological polar surface area (TPSA) is 35.5 Å². The van der Waals surface area contributed by atoms with Crippen LogP contribution in [0.15, 0.2) is 60.4 Å². The van der Waals surface area contributed by atoms with Gasteiger partial charge in [-0.15, -0.1) is 0 Å². The Labute approximate surface area is 120 Å². The zero-order chi connectivity index (χ0) is 15.0. The second-order valence-corrected chi connectivity index (χ2v) is 4.01. The lowest BCUT2D eigenvalue weighted by atomic mass is 10.0. The number of esters is 1. The van der Waals surface area contributed by atoms with E-state index < -0.39 is 5.97 Å². The van der Waals surface area contributed by atoms with Crippen LogP contribution in [0.1, 0.15) is 19.4 Å². The lowest BCUT2D eigenvalue weighted by molar-refractivity contribution is -0.138. The number of carbonyl (C=O) groups excluding carboxylic acids is 1. The predicted molar refractivity (Wildman–Crippen MR) is 81.0 cm³/mol. The van der Waals surface area contributed by atoms with Crippen molar-refractivity contribution in [1.82, 2.24) is 0 Å². The van der Waals surface area contributed by atoms with Crippen LogP contribution >= 0.6 is 0 Å². The van der Waals surface area contributed by atoms with Crippen molar-refractivity contribution in [1.29, 1.82) is 0 Å². The Morgan fingerprint density at radius 3 is 2.45 bits per heavy atom. The zero-order valence-electron chi connectivity index (χ0n) is 12.2. The lowest BCUT2D eigenvalue weighted by Crippen LogP contribution is -2.11. The molecule has 0 aliphatic rings. The monoisotopic (exact) mass is 272 g/mol. The molecule has 1 aromatic carbocycles. The van der Waals surface area contributed by atoms with Crippen LogP contribution in [-0.2, 0) is 14.3 Å². The van der Waals surface area contributed by atoms with Crippen molar-refractivity contribution in [2.24, 2.45) is 0 Å². The van der Waals surface area contributed by atoms with E-state index in [-0.39, 0.29) is 5.57 Å². The summed E-state index contributed by atoms with van der Waals surface area (Å²) < 4.78 is 10.4. The fourth-order valence-electron chi connectivity index (χ4n) is 1.79. The molecule has 0 N–H and O–H groups in total. The summed E-state index contributed by atoms with van der Waals surface area (Å²) in [5, 5.41) is 0. The van der Waals surface area contributed by atoms with E-state index in [4.69, 9.17) is 9.47 Å². The van der Waals surface area contributed by atoms with Crippen molar-refractivity contribution in [3.05, 3.63) is 66.0 Å². The van der Waals surface area contributed by atoms with Crippen molar-refractivity contribution in [2.45, 2.75) is 13.8 Å². The highest BCUT2D eigenvalue weighted by Crippen LogP contribution is 2.25. The molecule has 0 atom stereocenters. The molecule has 1 aromatic rings. The van der Waals surface area contributed by atoms with Crippen LogP contribution in [0.5, 0.6) is 0 Å². The molecule has 0 saturated carbocycles. The van der Waals surface area contributed by atoms with Gasteiger partial charge in [-0.2, -0.15) is 0 Å². The highest BCUT2D eigenvalue weighted by atomic mass is 16.5. The Morgan fingerprint density at radius 2 is 1.95 bits per heavy atom. The molecule has 0 amide bonds. The number of hydrogen-bond donors (Lipinski definition) is 0. The van der Waals surface area contributed by atoms with Crippen LogP contribution in [0, 0.1) is 0 Å². The molecule has 3 nitrogen and oxygen atoms in total. The first-order valence-electron chi connectivity index (χ1n) is 6.48. The van der Waals surface area contributed by atoms with E-state index in [9.17, 15) is 4.79 Å². The van der Waals surface area contributed by atoms with Gasteiger partial charge in [-0.25, -0.2) is 4.79 Å². The molecule has 1 rings (SSSR count). The van der Waals surface area contributed by atoms with Crippen molar-refractivity contribution in [3.63, 3.8) is 0 Å². The smallest absolute Gasteiger partial charge is 0.341 e. The second kappa shape index (κ2) is 8.00. The fraction of sp³-hybridized carbons (Fsp3) is 0.235. The molecule has 3 heteroatoms. The lowest BCUT2D eigenvalue weighted by Gasteiger charge is -2.13. The van der Waals surface area contributed by atoms with Crippen LogP contribution in [0.25, 0.3) is 5.57 Å². The van der Waals surface area contributed by atoms with E-state index in [2.05, 4.69) is 6.58 Å². The van der Waals surface area contributed by atoms with E-state index >= 15 is 0 Å². The Balaban J connectivity index is 3.30. The van der Waals surface area contributed by atoms with Gasteiger partial charge in [0, 0.05) is 5.57 Å². The molecule has 0 aliphatic carbocycles. The first kappa shape index (κ1) is 15.8. The molecule has 0 aliphatic heterocycles. The highest BCUT2D eigenvalue weighted by Gasteiger charge is 2.18. The molecule has 0 unspecified atom stereocenters. The van der Waals surface area contributed by atoms with Gasteiger partial charge in [0.1, 0.15) is 5.76 Å². The van der Waals surface area contributed by atoms with Crippen molar-refractivity contribution < 1.29 is 14.3 Å². The Bertz CT molecular complexity index is 524. The maximum absolute atomic E-state index is 11.8. The first-order chi connectivity index (χ1) is 9.65. The third kappa shape index (κ3) is 3.85. The SMILES string of the molecule is C=C(C(=O)OCC)/C(OC)=C(\C=C/C)c1ccccc1. The Kier molecular flexibility index (Phi) is 6.30. The minimum atomic E-state index is -0.470. The predicted octanol–water partition coefficient (Wildman–Crippen LogP) is 3.74. The van der Waals surface area contributed by atoms with E-state index in [0.29, 0.717) is 12.4 Å². The average molecular weight is 272 g/mol. The number of ether oxygens (including phenoxy) is 2. The number of allylic oxidation sites excluding steroid dienone is 3. The van der Waals surface area contributed by atoms with E-state index in [1.807, 2.05) is 49.4 Å². The summed E-state index contributed by atoms with van der Waals surface area (Å²) in [6.07, 6.45) is 3.78. The molecule has 0 saturated heterocycles. The number of benzene rings is 1. The van der Waals surface area contributed by atoms with Gasteiger partial charge in [-0.3, -0.25) is 0 Å². The number of rotatable bonds is 6. The minimum Gasteiger partial charge on any atom is -0.495 e. The molecule has 20 heavy (non-hydrogen) atoms. The van der Waals surface area contributed by atoms with Crippen molar-refractivity contribution >= 4 is 11.5 Å². The fourth-order valence-corrected chi connectivity index (χ4v) is 1.79. The second-order valence-electron chi connectivity index (χ2n) is 4.01. The average Bonchev–Trinajstić information content (AvgIpc) is 2.48. The van der Waals surface area contributed by atoms with Crippen molar-refractivity contribution in [3.8, 4) is 0 Å². The summed E-state index contributed by atoms with van der Waals surface area (Å²) in [5.41, 5.74) is 1.97. The zero-order valence-corrected chi connectivity index (χ0v) is 12.2. The number of carbonyl (C=O) groups is 1. The molecule has 0 bridgehead atoms. The van der Waals surface area contributed by atoms with E-state index in [1.165, 1.54) is 7.11 Å². The van der Waals surface area contributed by atoms with Gasteiger partial charge in [0.25, 0.3) is 0 Å². The standard InChI is InChI=1S/C17H20O3/c1-5-10-15(14-11-8-7-9-12-14)16(19-4)13(3)17(18)20-6-2/h5,7-12H,3,6H2,1-2,4H3/b10-5-,16-15-. The normalized spacial score (nSPS) is 11.9. The van der Waals surface area contributed by atoms with E-state index in [1.54, 1.807) is 6.92 Å². The van der Waals surface area contributed by atoms with Gasteiger partial charge in [0.05, 0.1) is 19.3 Å². The number of hydrogen-bond acceptors (Lipinski definition) is 3. The van der Waals surface area contributed by atoms with Gasteiger partial charge in [0.15, 0.2) is 0 Å². The first-order valence-corrected chi connectivity index (χ1v) is 6.48. The van der Waals surface area contributed by atoms with Crippen LogP contribution in [0.2, 0.25) is 0 Å². The van der Waals surface area contributed by atoms with Crippen LogP contribution in [0.4, 0.5) is 0 Å². The highest BCUT2D eigenvalue weighted by molar-refractivity contribution is 5.96. The largest absolute Gasteiger partial charge is 0.495 e. The summed E-state index contributed by atoms with van der Waals surface area (Å²) in [6.45, 7) is 7.75. The summed E-state index contributed by atoms with van der Waals surface area (Å²) in [4.78, 5) is 11.8. The third-order valence-corrected chi connectivity index (χ3v) is 2.66. The Hall–Kier alpha value is -2.29. The molecule has 0 radical (unpaired) electrons. The van der Waals surface area contributed by atoms with Gasteiger partial charge in [-0.05, 0) is 19.4 Å². The van der Waals surface area contributed by atoms with Crippen molar-refractivity contribution in [2.75, 3.05) is 13.7 Å². The molecular formula is C17H20O3. The molecule has 0 spiro atoms. The minimum absolute atomic E-state index is 0.214. The quantitative estimate of drug-likeness (QED) is 0.342. The van der Waals surface area contributed by atoms with Gasteiger partial charge < -0.3 is 9.47 Å². The summed E-state index contributed by atoms with van der Waals surface area (Å²) in [5.74, 6) is -0.0463. The maximum Gasteiger partial charge on any atom is 0.341 e. The summed E-state index contributed by atoms with van der Waals surface area (Å²) in [6, 6.07) is 9.70. The molecule has 0 aromatic heterocycles. The van der Waals surface area contributed by atoms with Crippen LogP contribution in [0.3, 0.4) is 0 Å². The molecule has 0 fully saturated rings. The number of methoxy groups -OCH3 is 1. The molecule has 0 heterocycles. The van der Waals surface area contributed by atoms with Gasteiger partial charge in [-0.1, -0.05) is 49.1 Å². The Morgan fingerprint density at radius 1 is 1.30 bits per heavy atom. The summed E-state index contributed by atoms with van der Waals surface area (Å²) >= 11 is 0. The molecular weight excluding hydrogens is 252 g/mol. The molecule has 106 valence electrons. The van der Waals surface area contributed by atoms with Gasteiger partial charge in [0.2, 0.25) is 0 Å². The summed E-state index contributed by atoms with van der Waals surface area (Å²) in [7, 11) is 1.52. The van der Waals surface area contributed by atoms with Gasteiger partial charge >= 0.3 is 5.97 Å². The van der Waals surface area contributed by atoms with Crippen LogP contribution in [-0.4, -0.2) is 19.7 Å². The van der Waals surface area contributed by atoms with E-state index in [0.717, 1.165) is 11.1 Å². The van der Waals surface area contributed by atoms with Crippen LogP contribution < -0.4 is 0 Å².